The van der Waals surface area contributed by atoms with E-state index < -0.39 is 0 Å². The van der Waals surface area contributed by atoms with Crippen LogP contribution in [0, 0.1) is 13.8 Å². The highest BCUT2D eigenvalue weighted by molar-refractivity contribution is 9.11. The number of rotatable bonds is 7. The minimum Gasteiger partial charge on any atom is -0.490 e. The Hall–Kier alpha value is -2.06. The van der Waals surface area contributed by atoms with Crippen molar-refractivity contribution in [2.24, 2.45) is 5.16 Å². The van der Waals surface area contributed by atoms with Crippen molar-refractivity contribution in [3.05, 3.63) is 49.9 Å². The summed E-state index contributed by atoms with van der Waals surface area (Å²) in [6, 6.07) is 7.23. The van der Waals surface area contributed by atoms with E-state index in [9.17, 15) is 4.79 Å². The second kappa shape index (κ2) is 9.75. The zero-order chi connectivity index (χ0) is 20.0. The van der Waals surface area contributed by atoms with E-state index in [0.717, 1.165) is 15.6 Å². The second-order valence-electron chi connectivity index (χ2n) is 5.76. The van der Waals surface area contributed by atoms with E-state index in [1.54, 1.807) is 12.1 Å². The number of ether oxygens (including phenoxy) is 2. The molecule has 0 saturated carbocycles. The number of carbonyl (C=O) groups is 1. The summed E-state index contributed by atoms with van der Waals surface area (Å²) in [4.78, 5) is 12.3. The summed E-state index contributed by atoms with van der Waals surface area (Å²) >= 11 is 6.85. The van der Waals surface area contributed by atoms with E-state index in [4.69, 9.17) is 14.7 Å². The first kappa shape index (κ1) is 21.2. The molecule has 0 aliphatic rings. The summed E-state index contributed by atoms with van der Waals surface area (Å²) in [7, 11) is 0. The minimum absolute atomic E-state index is 0.189. The molecule has 0 radical (unpaired) electrons. The van der Waals surface area contributed by atoms with Gasteiger partial charge in [-0.25, -0.2) is 0 Å². The van der Waals surface area contributed by atoms with Crippen LogP contribution in [0.25, 0.3) is 0 Å². The van der Waals surface area contributed by atoms with Gasteiger partial charge in [0.15, 0.2) is 18.1 Å². The molecule has 6 nitrogen and oxygen atoms in total. The van der Waals surface area contributed by atoms with Gasteiger partial charge in [-0.3, -0.25) is 4.79 Å². The lowest BCUT2D eigenvalue weighted by molar-refractivity contribution is -0.118. The Labute approximate surface area is 174 Å². The van der Waals surface area contributed by atoms with Crippen LogP contribution in [-0.4, -0.2) is 30.5 Å². The topological polar surface area (TPSA) is 80.2 Å². The van der Waals surface area contributed by atoms with E-state index in [-0.39, 0.29) is 12.5 Å². The number of carbonyl (C=O) groups excluding carboxylic acids is 1. The van der Waals surface area contributed by atoms with Crippen molar-refractivity contribution in [1.29, 1.82) is 0 Å². The van der Waals surface area contributed by atoms with Crippen molar-refractivity contribution in [3.8, 4) is 11.5 Å². The lowest BCUT2D eigenvalue weighted by Crippen LogP contribution is -2.21. The number of anilines is 1. The largest absolute Gasteiger partial charge is 0.490 e. The molecule has 1 amide bonds. The highest BCUT2D eigenvalue weighted by Crippen LogP contribution is 2.36. The molecule has 2 aromatic carbocycles. The van der Waals surface area contributed by atoms with Gasteiger partial charge in [-0.2, -0.15) is 0 Å². The smallest absolute Gasteiger partial charge is 0.262 e. The van der Waals surface area contributed by atoms with Crippen molar-refractivity contribution >= 4 is 49.7 Å². The van der Waals surface area contributed by atoms with Crippen molar-refractivity contribution in [2.45, 2.75) is 20.8 Å². The number of nitrogens with zero attached hydrogens (tertiary/aromatic N) is 1. The summed E-state index contributed by atoms with van der Waals surface area (Å²) in [6.07, 6.45) is 1.28. The first-order chi connectivity index (χ1) is 12.8. The molecular weight excluding hydrogens is 480 g/mol. The maximum absolute atomic E-state index is 12.3. The van der Waals surface area contributed by atoms with Crippen LogP contribution in [-0.2, 0) is 4.79 Å². The Bertz CT molecular complexity index is 869. The van der Waals surface area contributed by atoms with E-state index in [2.05, 4.69) is 42.3 Å². The van der Waals surface area contributed by atoms with Crippen LogP contribution in [0.2, 0.25) is 0 Å². The highest BCUT2D eigenvalue weighted by atomic mass is 79.9. The SMILES string of the molecule is CCOc1cc(/C=N\O)cc(Br)c1OCC(=O)Nc1cc(C)c(C)cc1Br. The molecule has 0 saturated heterocycles. The average Bonchev–Trinajstić information content (AvgIpc) is 2.59. The monoisotopic (exact) mass is 498 g/mol. The average molecular weight is 500 g/mol. The minimum atomic E-state index is -0.297. The van der Waals surface area contributed by atoms with Crippen LogP contribution in [0.1, 0.15) is 23.6 Å². The van der Waals surface area contributed by atoms with Gasteiger partial charge in [0.1, 0.15) is 0 Å². The summed E-state index contributed by atoms with van der Waals surface area (Å²) in [6.45, 7) is 6.06. The van der Waals surface area contributed by atoms with Gasteiger partial charge in [0.2, 0.25) is 0 Å². The molecule has 0 bridgehead atoms. The lowest BCUT2D eigenvalue weighted by atomic mass is 10.1. The first-order valence-corrected chi connectivity index (χ1v) is 9.77. The van der Waals surface area contributed by atoms with Crippen LogP contribution in [0.4, 0.5) is 5.69 Å². The molecule has 0 unspecified atom stereocenters. The molecule has 0 atom stereocenters. The predicted molar refractivity (Wildman–Crippen MR) is 112 cm³/mol. The van der Waals surface area contributed by atoms with Crippen LogP contribution < -0.4 is 14.8 Å². The van der Waals surface area contributed by atoms with Crippen molar-refractivity contribution in [2.75, 3.05) is 18.5 Å². The predicted octanol–water partition coefficient (Wildman–Crippen LogP) is 5.05. The van der Waals surface area contributed by atoms with Crippen molar-refractivity contribution < 1.29 is 19.5 Å². The molecule has 0 fully saturated rings. The molecule has 0 aliphatic carbocycles. The number of aryl methyl sites for hydroxylation is 2. The zero-order valence-corrected chi connectivity index (χ0v) is 18.3. The van der Waals surface area contributed by atoms with E-state index in [1.165, 1.54) is 6.21 Å². The van der Waals surface area contributed by atoms with Gasteiger partial charge in [-0.1, -0.05) is 5.16 Å². The van der Waals surface area contributed by atoms with Gasteiger partial charge in [0, 0.05) is 10.0 Å². The van der Waals surface area contributed by atoms with Crippen LogP contribution in [0.15, 0.2) is 38.4 Å². The number of nitrogens with one attached hydrogen (secondary N) is 1. The fourth-order valence-electron chi connectivity index (χ4n) is 2.33. The van der Waals surface area contributed by atoms with Crippen molar-refractivity contribution in [3.63, 3.8) is 0 Å². The number of hydrogen-bond acceptors (Lipinski definition) is 5. The van der Waals surface area contributed by atoms with Gasteiger partial charge in [0.25, 0.3) is 5.91 Å². The molecular formula is C19H20Br2N2O4. The Balaban J connectivity index is 2.13. The molecule has 0 aliphatic heterocycles. The summed E-state index contributed by atoms with van der Waals surface area (Å²) in [5.74, 6) is 0.553. The van der Waals surface area contributed by atoms with E-state index >= 15 is 0 Å². The van der Waals surface area contributed by atoms with Crippen LogP contribution >= 0.6 is 31.9 Å². The normalized spacial score (nSPS) is 10.9. The first-order valence-electron chi connectivity index (χ1n) is 8.18. The fourth-order valence-corrected chi connectivity index (χ4v) is 3.46. The van der Waals surface area contributed by atoms with Gasteiger partial charge in [-0.05, 0) is 88.0 Å². The molecule has 2 rings (SSSR count). The summed E-state index contributed by atoms with van der Waals surface area (Å²) in [5, 5.41) is 14.5. The maximum atomic E-state index is 12.3. The second-order valence-corrected chi connectivity index (χ2v) is 7.47. The number of amides is 1. The number of oxime groups is 1. The molecule has 27 heavy (non-hydrogen) atoms. The third kappa shape index (κ3) is 5.71. The number of halogens is 2. The van der Waals surface area contributed by atoms with Crippen LogP contribution in [0.5, 0.6) is 11.5 Å². The summed E-state index contributed by atoms with van der Waals surface area (Å²) < 4.78 is 12.6. The quantitative estimate of drug-likeness (QED) is 0.317. The number of hydrogen-bond donors (Lipinski definition) is 2. The maximum Gasteiger partial charge on any atom is 0.262 e. The molecule has 0 aromatic heterocycles. The van der Waals surface area contributed by atoms with E-state index in [1.807, 2.05) is 32.9 Å². The van der Waals surface area contributed by atoms with Gasteiger partial charge in [-0.15, -0.1) is 0 Å². The molecule has 2 N–H and O–H groups in total. The standard InChI is InChI=1S/C19H20Br2N2O4/c1-4-26-17-8-13(9-22-25)7-15(21)19(17)27-10-18(24)23-16-6-12(3)11(2)5-14(16)20/h5-9,25H,4,10H2,1-3H3,(H,23,24)/b22-9-. The van der Waals surface area contributed by atoms with E-state index in [0.29, 0.717) is 33.8 Å². The van der Waals surface area contributed by atoms with Gasteiger partial charge in [0.05, 0.1) is 23.0 Å². The third-order valence-corrected chi connectivity index (χ3v) is 4.99. The Morgan fingerprint density at radius 1 is 1.15 bits per heavy atom. The third-order valence-electron chi connectivity index (χ3n) is 3.74. The Morgan fingerprint density at radius 2 is 1.85 bits per heavy atom. The fraction of sp³-hybridized carbons (Fsp3) is 0.263. The molecule has 2 aromatic rings. The van der Waals surface area contributed by atoms with Gasteiger partial charge >= 0.3 is 0 Å². The molecule has 0 heterocycles. The zero-order valence-electron chi connectivity index (χ0n) is 15.2. The number of benzene rings is 2. The lowest BCUT2D eigenvalue weighted by Gasteiger charge is -2.15. The molecule has 8 heteroatoms. The van der Waals surface area contributed by atoms with Gasteiger partial charge < -0.3 is 20.0 Å². The summed E-state index contributed by atoms with van der Waals surface area (Å²) in [5.41, 5.74) is 3.53. The van der Waals surface area contributed by atoms with Crippen molar-refractivity contribution in [1.82, 2.24) is 0 Å². The van der Waals surface area contributed by atoms with Crippen LogP contribution in [0.3, 0.4) is 0 Å². The molecule has 144 valence electrons. The Morgan fingerprint density at radius 3 is 2.52 bits per heavy atom. The molecule has 0 spiro atoms. The highest BCUT2D eigenvalue weighted by Gasteiger charge is 2.15. The Kier molecular flexibility index (Phi) is 7.67.